The molecule has 2 N–H and O–H groups in total. The molecule has 0 bridgehead atoms. The zero-order valence-electron chi connectivity index (χ0n) is 12.4. The number of carbonyl (C=O) groups excluding carboxylic acids is 1. The number of halogens is 1. The number of ether oxygens (including phenoxy) is 1. The van der Waals surface area contributed by atoms with Crippen molar-refractivity contribution in [2.24, 2.45) is 5.92 Å². The lowest BCUT2D eigenvalue weighted by Gasteiger charge is -2.12. The molecular weight excluding hydrogens is 276 g/mol. The first-order valence-electron chi connectivity index (χ1n) is 6.76. The summed E-state index contributed by atoms with van der Waals surface area (Å²) < 4.78 is 5.66. The Hall–Kier alpha value is -1.26. The van der Waals surface area contributed by atoms with Crippen molar-refractivity contribution < 1.29 is 9.53 Å². The number of benzene rings is 1. The van der Waals surface area contributed by atoms with Crippen molar-refractivity contribution >= 4 is 18.3 Å². The van der Waals surface area contributed by atoms with Crippen LogP contribution in [0.25, 0.3) is 0 Å². The zero-order valence-corrected chi connectivity index (χ0v) is 13.3. The lowest BCUT2D eigenvalue weighted by atomic mass is 10.1. The number of nitrogens with one attached hydrogen (secondary N) is 2. The van der Waals surface area contributed by atoms with Crippen molar-refractivity contribution in [3.63, 3.8) is 0 Å². The minimum Gasteiger partial charge on any atom is -0.493 e. The molecule has 0 aliphatic heterocycles. The molecule has 0 spiro atoms. The van der Waals surface area contributed by atoms with Gasteiger partial charge < -0.3 is 15.4 Å². The largest absolute Gasteiger partial charge is 0.493 e. The lowest BCUT2D eigenvalue weighted by Crippen LogP contribution is -2.35. The predicted molar refractivity (Wildman–Crippen MR) is 84.6 cm³/mol. The second-order valence-corrected chi connectivity index (χ2v) is 4.72. The van der Waals surface area contributed by atoms with Gasteiger partial charge in [-0.1, -0.05) is 25.1 Å². The molecule has 0 saturated carbocycles. The van der Waals surface area contributed by atoms with Gasteiger partial charge in [0.15, 0.2) is 0 Å². The van der Waals surface area contributed by atoms with Crippen LogP contribution in [0.3, 0.4) is 0 Å². The third-order valence-corrected chi connectivity index (χ3v) is 2.93. The third kappa shape index (κ3) is 6.78. The molecule has 1 unspecified atom stereocenters. The fourth-order valence-electron chi connectivity index (χ4n) is 1.76. The van der Waals surface area contributed by atoms with E-state index >= 15 is 0 Å². The molecular formula is C15H25ClN2O2. The van der Waals surface area contributed by atoms with Crippen molar-refractivity contribution in [2.45, 2.75) is 20.3 Å². The summed E-state index contributed by atoms with van der Waals surface area (Å²) in [6.07, 6.45) is 0.812. The Morgan fingerprint density at radius 3 is 2.70 bits per heavy atom. The van der Waals surface area contributed by atoms with E-state index in [0.29, 0.717) is 19.7 Å². The van der Waals surface area contributed by atoms with Crippen molar-refractivity contribution in [3.8, 4) is 5.75 Å². The first kappa shape index (κ1) is 18.7. The summed E-state index contributed by atoms with van der Waals surface area (Å²) in [6, 6.07) is 7.94. The molecule has 0 aromatic heterocycles. The number of carbonyl (C=O) groups is 1. The molecule has 114 valence electrons. The van der Waals surface area contributed by atoms with E-state index in [-0.39, 0.29) is 24.2 Å². The summed E-state index contributed by atoms with van der Waals surface area (Å²) in [7, 11) is 1.85. The molecule has 0 aliphatic rings. The van der Waals surface area contributed by atoms with Gasteiger partial charge >= 0.3 is 0 Å². The number of hydrogen-bond acceptors (Lipinski definition) is 3. The van der Waals surface area contributed by atoms with Crippen LogP contribution in [0.4, 0.5) is 0 Å². The topological polar surface area (TPSA) is 50.4 Å². The van der Waals surface area contributed by atoms with Gasteiger partial charge in [-0.05, 0) is 32.0 Å². The van der Waals surface area contributed by atoms with Crippen LogP contribution in [-0.2, 0) is 4.79 Å². The minimum atomic E-state index is 0. The van der Waals surface area contributed by atoms with E-state index < -0.39 is 0 Å². The average Bonchev–Trinajstić information content (AvgIpc) is 2.40. The molecule has 1 aromatic carbocycles. The van der Waals surface area contributed by atoms with E-state index in [9.17, 15) is 4.79 Å². The van der Waals surface area contributed by atoms with E-state index in [4.69, 9.17) is 4.74 Å². The van der Waals surface area contributed by atoms with Crippen LogP contribution in [0.5, 0.6) is 5.75 Å². The van der Waals surface area contributed by atoms with Crippen LogP contribution in [0, 0.1) is 12.8 Å². The average molecular weight is 301 g/mol. The highest BCUT2D eigenvalue weighted by Gasteiger charge is 2.10. The zero-order chi connectivity index (χ0) is 14.1. The Morgan fingerprint density at radius 1 is 1.35 bits per heavy atom. The van der Waals surface area contributed by atoms with Crippen LogP contribution in [-0.4, -0.2) is 32.7 Å². The van der Waals surface area contributed by atoms with Crippen LogP contribution >= 0.6 is 12.4 Å². The van der Waals surface area contributed by atoms with Gasteiger partial charge in [0, 0.05) is 19.0 Å². The Kier molecular flexibility index (Phi) is 9.86. The molecule has 20 heavy (non-hydrogen) atoms. The van der Waals surface area contributed by atoms with Gasteiger partial charge in [0.2, 0.25) is 5.91 Å². The van der Waals surface area contributed by atoms with Crippen LogP contribution in [0.2, 0.25) is 0 Å². The summed E-state index contributed by atoms with van der Waals surface area (Å²) in [4.78, 5) is 11.6. The number of hydrogen-bond donors (Lipinski definition) is 2. The monoisotopic (exact) mass is 300 g/mol. The smallest absolute Gasteiger partial charge is 0.224 e. The van der Waals surface area contributed by atoms with Crippen molar-refractivity contribution in [2.75, 3.05) is 26.7 Å². The standard InChI is InChI=1S/C15H24N2O2.ClH/c1-12-7-4-5-8-14(12)19-10-6-9-17-15(18)13(2)11-16-3;/h4-5,7-8,13,16H,6,9-11H2,1-3H3,(H,17,18);1H. The SMILES string of the molecule is CNCC(C)C(=O)NCCCOc1ccccc1C.Cl. The van der Waals surface area contributed by atoms with E-state index in [2.05, 4.69) is 10.6 Å². The Bertz CT molecular complexity index is 399. The molecule has 0 fully saturated rings. The Morgan fingerprint density at radius 2 is 2.05 bits per heavy atom. The summed E-state index contributed by atoms with van der Waals surface area (Å²) in [5.41, 5.74) is 1.13. The maximum atomic E-state index is 11.6. The Labute approximate surface area is 127 Å². The summed E-state index contributed by atoms with van der Waals surface area (Å²) >= 11 is 0. The van der Waals surface area contributed by atoms with Gasteiger partial charge in [-0.3, -0.25) is 4.79 Å². The van der Waals surface area contributed by atoms with Crippen LogP contribution < -0.4 is 15.4 Å². The first-order chi connectivity index (χ1) is 9.15. The predicted octanol–water partition coefficient (Wildman–Crippen LogP) is 2.16. The molecule has 0 heterocycles. The number of para-hydroxylation sites is 1. The summed E-state index contributed by atoms with van der Waals surface area (Å²) in [5.74, 6) is 1.00. The Balaban J connectivity index is 0.00000361. The van der Waals surface area contributed by atoms with Crippen molar-refractivity contribution in [1.29, 1.82) is 0 Å². The highest BCUT2D eigenvalue weighted by atomic mass is 35.5. The van der Waals surface area contributed by atoms with E-state index in [1.807, 2.05) is 45.2 Å². The van der Waals surface area contributed by atoms with Crippen molar-refractivity contribution in [1.82, 2.24) is 10.6 Å². The quantitative estimate of drug-likeness (QED) is 0.723. The van der Waals surface area contributed by atoms with E-state index in [1.165, 1.54) is 0 Å². The molecule has 1 amide bonds. The fourth-order valence-corrected chi connectivity index (χ4v) is 1.76. The normalized spacial score (nSPS) is 11.3. The number of rotatable bonds is 8. The molecule has 1 rings (SSSR count). The van der Waals surface area contributed by atoms with Gasteiger partial charge in [0.05, 0.1) is 6.61 Å². The fraction of sp³-hybridized carbons (Fsp3) is 0.533. The van der Waals surface area contributed by atoms with E-state index in [1.54, 1.807) is 0 Å². The van der Waals surface area contributed by atoms with Gasteiger partial charge in [0.25, 0.3) is 0 Å². The minimum absolute atomic E-state index is 0. The van der Waals surface area contributed by atoms with Gasteiger partial charge in [-0.25, -0.2) is 0 Å². The molecule has 4 nitrogen and oxygen atoms in total. The maximum absolute atomic E-state index is 11.6. The van der Waals surface area contributed by atoms with Gasteiger partial charge in [0.1, 0.15) is 5.75 Å². The van der Waals surface area contributed by atoms with Crippen molar-refractivity contribution in [3.05, 3.63) is 29.8 Å². The van der Waals surface area contributed by atoms with E-state index in [0.717, 1.165) is 17.7 Å². The van der Waals surface area contributed by atoms with Gasteiger partial charge in [-0.15, -0.1) is 12.4 Å². The second-order valence-electron chi connectivity index (χ2n) is 4.72. The molecule has 1 atom stereocenters. The summed E-state index contributed by atoms with van der Waals surface area (Å²) in [6.45, 7) is 5.90. The molecule has 5 heteroatoms. The molecule has 0 aliphatic carbocycles. The lowest BCUT2D eigenvalue weighted by molar-refractivity contribution is -0.124. The highest BCUT2D eigenvalue weighted by Crippen LogP contribution is 2.15. The third-order valence-electron chi connectivity index (χ3n) is 2.93. The molecule has 0 radical (unpaired) electrons. The van der Waals surface area contributed by atoms with Crippen LogP contribution in [0.15, 0.2) is 24.3 Å². The van der Waals surface area contributed by atoms with Gasteiger partial charge in [-0.2, -0.15) is 0 Å². The number of amides is 1. The van der Waals surface area contributed by atoms with Crippen LogP contribution in [0.1, 0.15) is 18.9 Å². The number of aryl methyl sites for hydroxylation is 1. The molecule has 1 aromatic rings. The summed E-state index contributed by atoms with van der Waals surface area (Å²) in [5, 5.41) is 5.90. The molecule has 0 saturated heterocycles. The maximum Gasteiger partial charge on any atom is 0.224 e. The first-order valence-corrected chi connectivity index (χ1v) is 6.76. The highest BCUT2D eigenvalue weighted by molar-refractivity contribution is 5.85. The second kappa shape index (κ2) is 10.5.